The van der Waals surface area contributed by atoms with Crippen LogP contribution >= 0.6 is 11.3 Å². The molecule has 3 heterocycles. The smallest absolute Gasteiger partial charge is 0.331 e. The number of hydrogen-bond acceptors (Lipinski definition) is 8. The number of para-hydroxylation sites is 1. The Labute approximate surface area is 254 Å². The van der Waals surface area contributed by atoms with Crippen molar-refractivity contribution < 1.29 is 24.3 Å². The SMILES string of the molecule is COc1cc(C(=O)N2C(c3nccs3)C(/C(C)=N/Oc3ccccc3)CC2(Cn2cccn2)C(=O)O)ccc1C(C)(C)C. The van der Waals surface area contributed by atoms with Gasteiger partial charge in [-0.3, -0.25) is 9.48 Å². The fraction of sp³-hybridized carbons (Fsp3) is 0.344. The second-order valence-corrected chi connectivity index (χ2v) is 12.6. The Bertz CT molecular complexity index is 1600. The van der Waals surface area contributed by atoms with E-state index in [0.717, 1.165) is 5.56 Å². The molecule has 0 aliphatic carbocycles. The lowest BCUT2D eigenvalue weighted by Gasteiger charge is -2.37. The molecule has 1 amide bonds. The first-order valence-corrected chi connectivity index (χ1v) is 14.8. The summed E-state index contributed by atoms with van der Waals surface area (Å²) < 4.78 is 7.24. The van der Waals surface area contributed by atoms with Gasteiger partial charge in [0.25, 0.3) is 5.91 Å². The number of carbonyl (C=O) groups is 2. The Kier molecular flexibility index (Phi) is 8.36. The van der Waals surface area contributed by atoms with Crippen LogP contribution in [0.4, 0.5) is 0 Å². The first kappa shape index (κ1) is 30.0. The van der Waals surface area contributed by atoms with Gasteiger partial charge in [-0.2, -0.15) is 5.10 Å². The minimum absolute atomic E-state index is 0.0660. The lowest BCUT2D eigenvalue weighted by Crippen LogP contribution is -2.56. The van der Waals surface area contributed by atoms with Gasteiger partial charge >= 0.3 is 5.97 Å². The number of aliphatic carboxylic acids is 1. The molecule has 1 fully saturated rings. The molecule has 3 unspecified atom stereocenters. The van der Waals surface area contributed by atoms with Crippen LogP contribution in [0.1, 0.15) is 61.1 Å². The van der Waals surface area contributed by atoms with E-state index in [1.54, 1.807) is 67.6 Å². The van der Waals surface area contributed by atoms with Crippen molar-refractivity contribution in [1.29, 1.82) is 0 Å². The van der Waals surface area contributed by atoms with Crippen LogP contribution in [0.3, 0.4) is 0 Å². The highest BCUT2D eigenvalue weighted by atomic mass is 32.1. The highest BCUT2D eigenvalue weighted by Gasteiger charge is 2.61. The molecule has 10 nitrogen and oxygen atoms in total. The van der Waals surface area contributed by atoms with Crippen LogP contribution < -0.4 is 9.57 Å². The van der Waals surface area contributed by atoms with E-state index in [4.69, 9.17) is 9.57 Å². The largest absolute Gasteiger partial charge is 0.496 e. The van der Waals surface area contributed by atoms with Gasteiger partial charge in [0.2, 0.25) is 0 Å². The summed E-state index contributed by atoms with van der Waals surface area (Å²) in [6.07, 6.45) is 5.01. The molecule has 0 spiro atoms. The molecular formula is C32H35N5O5S. The molecule has 11 heteroatoms. The molecular weight excluding hydrogens is 566 g/mol. The van der Waals surface area contributed by atoms with Gasteiger partial charge in [-0.1, -0.05) is 50.2 Å². The van der Waals surface area contributed by atoms with E-state index in [1.807, 2.05) is 29.6 Å². The molecule has 0 bridgehead atoms. The quantitative estimate of drug-likeness (QED) is 0.189. The minimum atomic E-state index is -1.68. The average molecular weight is 602 g/mol. The number of aromatic nitrogens is 3. The van der Waals surface area contributed by atoms with Crippen molar-refractivity contribution in [2.24, 2.45) is 11.1 Å². The molecule has 2 aromatic carbocycles. The van der Waals surface area contributed by atoms with Crippen molar-refractivity contribution in [1.82, 2.24) is 19.7 Å². The summed E-state index contributed by atoms with van der Waals surface area (Å²) in [6, 6.07) is 15.4. The number of amides is 1. The lowest BCUT2D eigenvalue weighted by molar-refractivity contribution is -0.150. The summed E-state index contributed by atoms with van der Waals surface area (Å²) in [5, 5.41) is 22.1. The summed E-state index contributed by atoms with van der Waals surface area (Å²) in [5.74, 6) is -1.00. The fourth-order valence-corrected chi connectivity index (χ4v) is 6.49. The van der Waals surface area contributed by atoms with E-state index in [2.05, 4.69) is 36.0 Å². The summed E-state index contributed by atoms with van der Waals surface area (Å²) in [5.41, 5.74) is -0.112. The first-order chi connectivity index (χ1) is 20.5. The molecule has 1 aliphatic heterocycles. The second kappa shape index (κ2) is 12.0. The number of nitrogens with zero attached hydrogens (tertiary/aromatic N) is 5. The van der Waals surface area contributed by atoms with Crippen LogP contribution in [-0.2, 0) is 16.8 Å². The predicted molar refractivity (Wildman–Crippen MR) is 164 cm³/mol. The fourth-order valence-electron chi connectivity index (χ4n) is 5.70. The molecule has 1 N–H and O–H groups in total. The number of ether oxygens (including phenoxy) is 1. The van der Waals surface area contributed by atoms with Gasteiger partial charge in [0.15, 0.2) is 11.3 Å². The summed E-state index contributed by atoms with van der Waals surface area (Å²) >= 11 is 1.37. The van der Waals surface area contributed by atoms with Crippen LogP contribution in [-0.4, -0.2) is 55.0 Å². The molecule has 3 atom stereocenters. The average Bonchev–Trinajstić information content (AvgIpc) is 3.76. The van der Waals surface area contributed by atoms with Gasteiger partial charge in [-0.05, 0) is 54.7 Å². The highest BCUT2D eigenvalue weighted by molar-refractivity contribution is 7.09. The molecule has 224 valence electrons. The van der Waals surface area contributed by atoms with Crippen LogP contribution in [0.25, 0.3) is 0 Å². The molecule has 5 rings (SSSR count). The van der Waals surface area contributed by atoms with E-state index in [1.165, 1.54) is 16.2 Å². The molecule has 1 saturated heterocycles. The van der Waals surface area contributed by atoms with Crippen LogP contribution in [0.5, 0.6) is 11.5 Å². The topological polar surface area (TPSA) is 119 Å². The zero-order chi connectivity index (χ0) is 30.8. The molecule has 2 aromatic heterocycles. The third-order valence-electron chi connectivity index (χ3n) is 7.81. The number of methoxy groups -OCH3 is 1. The van der Waals surface area contributed by atoms with Crippen LogP contribution in [0.15, 0.2) is 83.7 Å². The Morgan fingerprint density at radius 1 is 1.14 bits per heavy atom. The van der Waals surface area contributed by atoms with Gasteiger partial charge in [0.05, 0.1) is 25.4 Å². The molecule has 4 aromatic rings. The minimum Gasteiger partial charge on any atom is -0.496 e. The van der Waals surface area contributed by atoms with E-state index in [0.29, 0.717) is 27.8 Å². The van der Waals surface area contributed by atoms with Gasteiger partial charge in [0.1, 0.15) is 10.8 Å². The van der Waals surface area contributed by atoms with Crippen LogP contribution in [0.2, 0.25) is 0 Å². The van der Waals surface area contributed by atoms with Crippen LogP contribution in [0, 0.1) is 5.92 Å². The Morgan fingerprint density at radius 3 is 2.51 bits per heavy atom. The van der Waals surface area contributed by atoms with Crippen molar-refractivity contribution in [3.8, 4) is 11.5 Å². The van der Waals surface area contributed by atoms with Gasteiger partial charge in [-0.25, -0.2) is 9.78 Å². The molecule has 1 aliphatic rings. The van der Waals surface area contributed by atoms with Crippen molar-refractivity contribution in [3.05, 3.63) is 94.7 Å². The number of oxime groups is 1. The van der Waals surface area contributed by atoms with Crippen molar-refractivity contribution >= 4 is 28.9 Å². The summed E-state index contributed by atoms with van der Waals surface area (Å²) in [4.78, 5) is 39.8. The number of carboxylic acids is 1. The second-order valence-electron chi connectivity index (χ2n) is 11.6. The molecule has 0 saturated carbocycles. The maximum absolute atomic E-state index is 14.7. The van der Waals surface area contributed by atoms with Gasteiger partial charge in [0, 0.05) is 35.5 Å². The van der Waals surface area contributed by atoms with E-state index in [-0.39, 0.29) is 18.4 Å². The number of benzene rings is 2. The first-order valence-electron chi connectivity index (χ1n) is 13.9. The highest BCUT2D eigenvalue weighted by Crippen LogP contribution is 2.50. The number of thiazole rings is 1. The predicted octanol–water partition coefficient (Wildman–Crippen LogP) is 5.83. The van der Waals surface area contributed by atoms with Gasteiger partial charge < -0.3 is 19.6 Å². The third kappa shape index (κ3) is 5.90. The zero-order valence-corrected chi connectivity index (χ0v) is 25.6. The van der Waals surface area contributed by atoms with Gasteiger partial charge in [-0.15, -0.1) is 11.3 Å². The van der Waals surface area contributed by atoms with E-state index in [9.17, 15) is 14.7 Å². The number of carboxylic acid groups (broad SMARTS) is 1. The number of hydrogen-bond donors (Lipinski definition) is 1. The number of rotatable bonds is 9. The number of likely N-dealkylation sites (tertiary alicyclic amines) is 1. The maximum atomic E-state index is 14.7. The number of carbonyl (C=O) groups excluding carboxylic acids is 1. The van der Waals surface area contributed by atoms with E-state index < -0.39 is 29.4 Å². The monoisotopic (exact) mass is 601 g/mol. The van der Waals surface area contributed by atoms with Crippen molar-refractivity contribution in [3.63, 3.8) is 0 Å². The summed E-state index contributed by atoms with van der Waals surface area (Å²) in [6.45, 7) is 7.92. The van der Waals surface area contributed by atoms with Crippen molar-refractivity contribution in [2.75, 3.05) is 7.11 Å². The molecule has 43 heavy (non-hydrogen) atoms. The lowest BCUT2D eigenvalue weighted by atomic mass is 9.85. The standard InChI is InChI=1S/C32H35N5O5S/c1-21(35-42-23-10-7-6-8-11-23)24-19-32(30(39)40,20-36-16-9-14-34-36)37(27(24)28-33-15-17-43-28)29(38)22-12-13-25(31(2,3)4)26(18-22)41-5/h6-18,24,27H,19-20H2,1-5H3,(H,39,40)/b35-21+. The van der Waals surface area contributed by atoms with E-state index >= 15 is 0 Å². The van der Waals surface area contributed by atoms with Crippen molar-refractivity contribution in [2.45, 2.75) is 57.7 Å². The Hall–Kier alpha value is -4.51. The maximum Gasteiger partial charge on any atom is 0.331 e. The summed E-state index contributed by atoms with van der Waals surface area (Å²) in [7, 11) is 1.56. The third-order valence-corrected chi connectivity index (χ3v) is 8.66. The Balaban J connectivity index is 1.66. The molecule has 0 radical (unpaired) electrons. The Morgan fingerprint density at radius 2 is 1.91 bits per heavy atom. The normalized spacial score (nSPS) is 20.7. The zero-order valence-electron chi connectivity index (χ0n) is 24.8.